The molecule has 0 unspecified atom stereocenters. The van der Waals surface area contributed by atoms with Crippen molar-refractivity contribution in [3.63, 3.8) is 0 Å². The Bertz CT molecular complexity index is 695. The van der Waals surface area contributed by atoms with Gasteiger partial charge in [0.15, 0.2) is 0 Å². The van der Waals surface area contributed by atoms with Gasteiger partial charge in [-0.2, -0.15) is 0 Å². The summed E-state index contributed by atoms with van der Waals surface area (Å²) in [5, 5.41) is 4.15. The fourth-order valence-electron chi connectivity index (χ4n) is 2.28. The third-order valence-electron chi connectivity index (χ3n) is 3.43. The van der Waals surface area contributed by atoms with Crippen LogP contribution in [0.1, 0.15) is 17.4 Å². The van der Waals surface area contributed by atoms with Gasteiger partial charge in [-0.05, 0) is 24.3 Å². The van der Waals surface area contributed by atoms with Crippen molar-refractivity contribution in [2.24, 2.45) is 5.92 Å². The Labute approximate surface area is 120 Å². The highest BCUT2D eigenvalue weighted by Gasteiger charge is 2.35. The highest BCUT2D eigenvalue weighted by atomic mass is 35.5. The largest absolute Gasteiger partial charge is 0.464 e. The number of cyclic esters (lactones) is 1. The number of nitrogens with one attached hydrogen (secondary N) is 2. The summed E-state index contributed by atoms with van der Waals surface area (Å²) in [6.45, 7) is 2.20. The second-order valence-electron chi connectivity index (χ2n) is 4.97. The van der Waals surface area contributed by atoms with Crippen molar-refractivity contribution in [2.75, 3.05) is 6.61 Å². The minimum absolute atomic E-state index is 0.0229. The van der Waals surface area contributed by atoms with Crippen molar-refractivity contribution in [1.29, 1.82) is 0 Å². The molecule has 5 nitrogen and oxygen atoms in total. The number of hydrogen-bond donors (Lipinski definition) is 2. The first-order chi connectivity index (χ1) is 9.54. The molecule has 0 radical (unpaired) electrons. The van der Waals surface area contributed by atoms with Crippen LogP contribution in [-0.2, 0) is 9.53 Å². The van der Waals surface area contributed by atoms with Crippen LogP contribution >= 0.6 is 11.6 Å². The Morgan fingerprint density at radius 3 is 2.95 bits per heavy atom. The SMILES string of the molecule is C[C@@H]1COC(=O)[C@H]1NC(=O)c1cc2cc(Cl)ccc2[nH]1. The number of carbonyl (C=O) groups is 2. The standard InChI is InChI=1S/C14H13ClN2O3/c1-7-6-20-14(19)12(7)17-13(18)11-5-8-4-9(15)2-3-10(8)16-11/h2-5,7,12,16H,6H2,1H3,(H,17,18)/t7-,12+/m1/s1. The van der Waals surface area contributed by atoms with Crippen molar-refractivity contribution < 1.29 is 14.3 Å². The van der Waals surface area contributed by atoms with E-state index >= 15 is 0 Å². The number of hydrogen-bond acceptors (Lipinski definition) is 3. The molecular formula is C14H13ClN2O3. The van der Waals surface area contributed by atoms with Gasteiger partial charge in [-0.15, -0.1) is 0 Å². The Morgan fingerprint density at radius 1 is 1.45 bits per heavy atom. The smallest absolute Gasteiger partial charge is 0.329 e. The second-order valence-corrected chi connectivity index (χ2v) is 5.41. The third kappa shape index (κ3) is 2.25. The summed E-state index contributed by atoms with van der Waals surface area (Å²) in [6, 6.07) is 6.45. The number of rotatable bonds is 2. The lowest BCUT2D eigenvalue weighted by molar-refractivity contribution is -0.139. The first-order valence-corrected chi connectivity index (χ1v) is 6.68. The van der Waals surface area contributed by atoms with E-state index in [1.165, 1.54) is 0 Å². The lowest BCUT2D eigenvalue weighted by Gasteiger charge is -2.11. The van der Waals surface area contributed by atoms with E-state index in [1.54, 1.807) is 24.3 Å². The molecule has 1 aromatic carbocycles. The first kappa shape index (κ1) is 13.0. The molecule has 20 heavy (non-hydrogen) atoms. The number of carbonyl (C=O) groups excluding carboxylic acids is 2. The molecule has 1 aliphatic rings. The van der Waals surface area contributed by atoms with Gasteiger partial charge in [-0.1, -0.05) is 18.5 Å². The molecule has 1 aliphatic heterocycles. The van der Waals surface area contributed by atoms with Crippen LogP contribution in [0.2, 0.25) is 5.02 Å². The predicted octanol–water partition coefficient (Wildman–Crippen LogP) is 2.11. The number of esters is 1. The fourth-order valence-corrected chi connectivity index (χ4v) is 2.46. The Morgan fingerprint density at radius 2 is 2.25 bits per heavy atom. The number of ether oxygens (including phenoxy) is 1. The average Bonchev–Trinajstić information content (AvgIpc) is 2.96. The van der Waals surface area contributed by atoms with E-state index in [4.69, 9.17) is 16.3 Å². The van der Waals surface area contributed by atoms with Crippen molar-refractivity contribution in [2.45, 2.75) is 13.0 Å². The maximum atomic E-state index is 12.2. The van der Waals surface area contributed by atoms with Crippen LogP contribution in [0.4, 0.5) is 0 Å². The van der Waals surface area contributed by atoms with Gasteiger partial charge in [0.1, 0.15) is 11.7 Å². The summed E-state index contributed by atoms with van der Waals surface area (Å²) < 4.78 is 4.91. The molecule has 6 heteroatoms. The van der Waals surface area contributed by atoms with Gasteiger partial charge in [0.25, 0.3) is 5.91 Å². The molecule has 3 rings (SSSR count). The molecule has 1 amide bonds. The third-order valence-corrected chi connectivity index (χ3v) is 3.66. The zero-order valence-electron chi connectivity index (χ0n) is 10.8. The van der Waals surface area contributed by atoms with Crippen LogP contribution in [0, 0.1) is 5.92 Å². The van der Waals surface area contributed by atoms with Crippen molar-refractivity contribution in [3.8, 4) is 0 Å². The highest BCUT2D eigenvalue weighted by Crippen LogP contribution is 2.21. The van der Waals surface area contributed by atoms with Gasteiger partial charge in [-0.3, -0.25) is 4.79 Å². The lowest BCUT2D eigenvalue weighted by atomic mass is 10.1. The van der Waals surface area contributed by atoms with Crippen LogP contribution in [0.3, 0.4) is 0 Å². The molecule has 2 heterocycles. The highest BCUT2D eigenvalue weighted by molar-refractivity contribution is 6.31. The minimum atomic E-state index is -0.586. The van der Waals surface area contributed by atoms with Crippen LogP contribution in [0.15, 0.2) is 24.3 Å². The fraction of sp³-hybridized carbons (Fsp3) is 0.286. The van der Waals surface area contributed by atoms with Crippen LogP contribution in [0.25, 0.3) is 10.9 Å². The predicted molar refractivity (Wildman–Crippen MR) is 74.7 cm³/mol. The molecule has 1 aromatic heterocycles. The lowest BCUT2D eigenvalue weighted by Crippen LogP contribution is -2.41. The quantitative estimate of drug-likeness (QED) is 0.833. The zero-order valence-corrected chi connectivity index (χ0v) is 11.5. The monoisotopic (exact) mass is 292 g/mol. The number of halogens is 1. The normalized spacial score (nSPS) is 22.0. The number of aromatic nitrogens is 1. The minimum Gasteiger partial charge on any atom is -0.464 e. The van der Waals surface area contributed by atoms with Crippen molar-refractivity contribution in [3.05, 3.63) is 35.0 Å². The summed E-state index contributed by atoms with van der Waals surface area (Å²) in [5.41, 5.74) is 1.22. The molecule has 0 spiro atoms. The number of fused-ring (bicyclic) bond motifs is 1. The van der Waals surface area contributed by atoms with Gasteiger partial charge in [-0.25, -0.2) is 4.79 Å². The number of aromatic amines is 1. The van der Waals surface area contributed by atoms with Crippen LogP contribution in [-0.4, -0.2) is 29.5 Å². The van der Waals surface area contributed by atoms with Gasteiger partial charge < -0.3 is 15.0 Å². The van der Waals surface area contributed by atoms with E-state index in [0.717, 1.165) is 10.9 Å². The molecule has 0 aliphatic carbocycles. The van der Waals surface area contributed by atoms with E-state index in [0.29, 0.717) is 17.3 Å². The van der Waals surface area contributed by atoms with Gasteiger partial charge in [0, 0.05) is 21.8 Å². The zero-order chi connectivity index (χ0) is 14.3. The first-order valence-electron chi connectivity index (χ1n) is 6.30. The molecule has 0 saturated carbocycles. The van der Waals surface area contributed by atoms with Crippen LogP contribution in [0.5, 0.6) is 0 Å². The van der Waals surface area contributed by atoms with Gasteiger partial charge in [0.05, 0.1) is 6.61 Å². The maximum Gasteiger partial charge on any atom is 0.329 e. The van der Waals surface area contributed by atoms with Crippen molar-refractivity contribution in [1.82, 2.24) is 10.3 Å². The molecule has 1 fully saturated rings. The average molecular weight is 293 g/mol. The topological polar surface area (TPSA) is 71.2 Å². The van der Waals surface area contributed by atoms with Crippen molar-refractivity contribution >= 4 is 34.4 Å². The molecule has 0 bridgehead atoms. The van der Waals surface area contributed by atoms with E-state index in [2.05, 4.69) is 10.3 Å². The number of H-pyrrole nitrogens is 1. The Hall–Kier alpha value is -2.01. The molecule has 104 valence electrons. The molecule has 2 atom stereocenters. The molecule has 1 saturated heterocycles. The molecule has 2 aromatic rings. The van der Waals surface area contributed by atoms with E-state index in [-0.39, 0.29) is 17.8 Å². The molecule has 2 N–H and O–H groups in total. The molecular weight excluding hydrogens is 280 g/mol. The van der Waals surface area contributed by atoms with E-state index in [1.807, 2.05) is 6.92 Å². The van der Waals surface area contributed by atoms with E-state index < -0.39 is 6.04 Å². The van der Waals surface area contributed by atoms with Gasteiger partial charge >= 0.3 is 5.97 Å². The summed E-state index contributed by atoms with van der Waals surface area (Å²) in [4.78, 5) is 26.7. The van der Waals surface area contributed by atoms with Gasteiger partial charge in [0.2, 0.25) is 0 Å². The van der Waals surface area contributed by atoms with E-state index in [9.17, 15) is 9.59 Å². The summed E-state index contributed by atoms with van der Waals surface area (Å²) in [6.07, 6.45) is 0. The number of amides is 1. The van der Waals surface area contributed by atoms with Crippen LogP contribution < -0.4 is 5.32 Å². The number of benzene rings is 1. The maximum absolute atomic E-state index is 12.2. The summed E-state index contributed by atoms with van der Waals surface area (Å²) >= 11 is 5.91. The Balaban J connectivity index is 1.83. The Kier molecular flexibility index (Phi) is 3.14. The summed E-state index contributed by atoms with van der Waals surface area (Å²) in [5.74, 6) is -0.733. The summed E-state index contributed by atoms with van der Waals surface area (Å²) in [7, 11) is 0. The second kappa shape index (κ2) is 4.83.